The summed E-state index contributed by atoms with van der Waals surface area (Å²) in [5, 5.41) is 0. The third-order valence-electron chi connectivity index (χ3n) is 4.21. The Hall–Kier alpha value is -1.79. The molecule has 0 unspecified atom stereocenters. The van der Waals surface area contributed by atoms with Crippen LogP contribution in [-0.2, 0) is 0 Å². The molecule has 1 aromatic rings. The highest BCUT2D eigenvalue weighted by Crippen LogP contribution is 2.22. The smallest absolute Gasteiger partial charge is 0.255 e. The summed E-state index contributed by atoms with van der Waals surface area (Å²) >= 11 is 0. The Morgan fingerprint density at radius 1 is 1.38 bits per heavy atom. The summed E-state index contributed by atoms with van der Waals surface area (Å²) in [4.78, 5) is 14.7. The number of rotatable bonds is 2. The summed E-state index contributed by atoms with van der Waals surface area (Å²) in [6, 6.07) is 5.83. The first-order chi connectivity index (χ1) is 10.2. The predicted octanol–water partition coefficient (Wildman–Crippen LogP) is 2.57. The maximum atomic E-state index is 12.7. The quantitative estimate of drug-likeness (QED) is 0.848. The van der Waals surface area contributed by atoms with Crippen LogP contribution in [0.3, 0.4) is 0 Å². The molecule has 1 aliphatic heterocycles. The molecular weight excluding hydrogens is 260 g/mol. The molecule has 0 saturated carbocycles. The van der Waals surface area contributed by atoms with Crippen molar-refractivity contribution in [3.8, 4) is 11.8 Å². The lowest BCUT2D eigenvalue weighted by molar-refractivity contribution is 0.0688. The van der Waals surface area contributed by atoms with Crippen LogP contribution in [0.15, 0.2) is 18.2 Å². The van der Waals surface area contributed by atoms with Crippen molar-refractivity contribution in [1.29, 1.82) is 0 Å². The van der Waals surface area contributed by atoms with Crippen LogP contribution in [0.25, 0.3) is 0 Å². The van der Waals surface area contributed by atoms with Crippen molar-refractivity contribution in [3.63, 3.8) is 0 Å². The SMILES string of the molecule is CCC1CCN(C(=O)c2ccc(C)cc2C#CCN)CC1. The molecule has 0 aromatic heterocycles. The number of carbonyl (C=O) groups excluding carboxylic acids is 1. The number of nitrogens with zero attached hydrogens (tertiary/aromatic N) is 1. The zero-order chi connectivity index (χ0) is 15.2. The molecule has 0 spiro atoms. The minimum atomic E-state index is 0.103. The summed E-state index contributed by atoms with van der Waals surface area (Å²) < 4.78 is 0. The van der Waals surface area contributed by atoms with Gasteiger partial charge in [-0.15, -0.1) is 0 Å². The van der Waals surface area contributed by atoms with E-state index in [2.05, 4.69) is 18.8 Å². The molecule has 2 N–H and O–H groups in total. The largest absolute Gasteiger partial charge is 0.339 e. The van der Waals surface area contributed by atoms with Gasteiger partial charge in [0.2, 0.25) is 0 Å². The van der Waals surface area contributed by atoms with E-state index in [4.69, 9.17) is 5.73 Å². The van der Waals surface area contributed by atoms with Crippen molar-refractivity contribution in [2.45, 2.75) is 33.1 Å². The normalized spacial score (nSPS) is 15.5. The van der Waals surface area contributed by atoms with Crippen LogP contribution >= 0.6 is 0 Å². The molecule has 0 atom stereocenters. The van der Waals surface area contributed by atoms with Gasteiger partial charge in [-0.25, -0.2) is 0 Å². The van der Waals surface area contributed by atoms with E-state index in [-0.39, 0.29) is 5.91 Å². The second kappa shape index (κ2) is 7.28. The van der Waals surface area contributed by atoms with Gasteiger partial charge in [-0.05, 0) is 43.4 Å². The zero-order valence-electron chi connectivity index (χ0n) is 13.0. The van der Waals surface area contributed by atoms with Crippen LogP contribution in [0.4, 0.5) is 0 Å². The van der Waals surface area contributed by atoms with Crippen molar-refractivity contribution >= 4 is 5.91 Å². The fourth-order valence-corrected chi connectivity index (χ4v) is 2.81. The van der Waals surface area contributed by atoms with E-state index in [0.717, 1.165) is 43.0 Å². The third kappa shape index (κ3) is 3.86. The molecule has 2 rings (SSSR count). The van der Waals surface area contributed by atoms with E-state index < -0.39 is 0 Å². The molecule has 0 radical (unpaired) electrons. The first-order valence-electron chi connectivity index (χ1n) is 7.74. The monoisotopic (exact) mass is 284 g/mol. The molecule has 1 fully saturated rings. The number of amides is 1. The summed E-state index contributed by atoms with van der Waals surface area (Å²) in [6.07, 6.45) is 3.43. The molecule has 0 aliphatic carbocycles. The Bertz CT molecular complexity index is 560. The molecule has 3 heteroatoms. The topological polar surface area (TPSA) is 46.3 Å². The first-order valence-corrected chi connectivity index (χ1v) is 7.74. The van der Waals surface area contributed by atoms with Crippen molar-refractivity contribution in [1.82, 2.24) is 4.90 Å². The standard InChI is InChI=1S/C18H24N2O/c1-3-15-8-11-20(12-9-15)18(21)17-7-6-14(2)13-16(17)5-4-10-19/h6-7,13,15H,3,8-12,19H2,1-2H3. The highest BCUT2D eigenvalue weighted by Gasteiger charge is 2.23. The average molecular weight is 284 g/mol. The second-order valence-electron chi connectivity index (χ2n) is 5.70. The number of piperidine rings is 1. The van der Waals surface area contributed by atoms with Crippen molar-refractivity contribution < 1.29 is 4.79 Å². The fourth-order valence-electron chi connectivity index (χ4n) is 2.81. The van der Waals surface area contributed by atoms with Crippen molar-refractivity contribution in [2.24, 2.45) is 11.7 Å². The van der Waals surface area contributed by atoms with E-state index in [0.29, 0.717) is 12.1 Å². The summed E-state index contributed by atoms with van der Waals surface area (Å²) in [7, 11) is 0. The number of nitrogens with two attached hydrogens (primary N) is 1. The van der Waals surface area contributed by atoms with Gasteiger partial charge in [-0.3, -0.25) is 4.79 Å². The first kappa shape index (κ1) is 15.6. The number of likely N-dealkylation sites (tertiary alicyclic amines) is 1. The van der Waals surface area contributed by atoms with Crippen LogP contribution in [0.5, 0.6) is 0 Å². The van der Waals surface area contributed by atoms with Gasteiger partial charge in [-0.2, -0.15) is 0 Å². The summed E-state index contributed by atoms with van der Waals surface area (Å²) in [5.74, 6) is 6.75. The molecule has 21 heavy (non-hydrogen) atoms. The van der Waals surface area contributed by atoms with Crippen LogP contribution in [-0.4, -0.2) is 30.4 Å². The highest BCUT2D eigenvalue weighted by molar-refractivity contribution is 5.97. The molecule has 1 amide bonds. The minimum absolute atomic E-state index is 0.103. The van der Waals surface area contributed by atoms with Gasteiger partial charge in [-0.1, -0.05) is 31.3 Å². The van der Waals surface area contributed by atoms with E-state index in [1.165, 1.54) is 6.42 Å². The molecule has 1 aromatic carbocycles. The lowest BCUT2D eigenvalue weighted by Crippen LogP contribution is -2.38. The van der Waals surface area contributed by atoms with Crippen LogP contribution in [0.2, 0.25) is 0 Å². The molecule has 112 valence electrons. The van der Waals surface area contributed by atoms with E-state index in [1.807, 2.05) is 30.0 Å². The second-order valence-corrected chi connectivity index (χ2v) is 5.70. The fraction of sp³-hybridized carbons (Fsp3) is 0.500. The Morgan fingerprint density at radius 2 is 2.10 bits per heavy atom. The van der Waals surface area contributed by atoms with Crippen LogP contribution in [0.1, 0.15) is 47.7 Å². The molecule has 1 saturated heterocycles. The molecule has 1 heterocycles. The van der Waals surface area contributed by atoms with Gasteiger partial charge in [0.15, 0.2) is 0 Å². The van der Waals surface area contributed by atoms with Crippen LogP contribution < -0.4 is 5.73 Å². The number of benzene rings is 1. The zero-order valence-corrected chi connectivity index (χ0v) is 13.0. The average Bonchev–Trinajstić information content (AvgIpc) is 2.52. The Kier molecular flexibility index (Phi) is 5.41. The van der Waals surface area contributed by atoms with Crippen molar-refractivity contribution in [2.75, 3.05) is 19.6 Å². The van der Waals surface area contributed by atoms with Gasteiger partial charge >= 0.3 is 0 Å². The maximum Gasteiger partial charge on any atom is 0.255 e. The van der Waals surface area contributed by atoms with Gasteiger partial charge < -0.3 is 10.6 Å². The van der Waals surface area contributed by atoms with Gasteiger partial charge in [0.25, 0.3) is 5.91 Å². The number of hydrogen-bond donors (Lipinski definition) is 1. The lowest BCUT2D eigenvalue weighted by atomic mass is 9.93. The summed E-state index contributed by atoms with van der Waals surface area (Å²) in [6.45, 7) is 6.25. The minimum Gasteiger partial charge on any atom is -0.339 e. The highest BCUT2D eigenvalue weighted by atomic mass is 16.2. The van der Waals surface area contributed by atoms with Gasteiger partial charge in [0, 0.05) is 18.7 Å². The molecule has 0 bridgehead atoms. The third-order valence-corrected chi connectivity index (χ3v) is 4.21. The van der Waals surface area contributed by atoms with E-state index in [9.17, 15) is 4.79 Å². The van der Waals surface area contributed by atoms with E-state index in [1.54, 1.807) is 0 Å². The maximum absolute atomic E-state index is 12.7. The molecular formula is C18H24N2O. The van der Waals surface area contributed by atoms with Gasteiger partial charge in [0.05, 0.1) is 12.1 Å². The molecule has 1 aliphatic rings. The molecule has 3 nitrogen and oxygen atoms in total. The number of aryl methyl sites for hydroxylation is 1. The Morgan fingerprint density at radius 3 is 2.71 bits per heavy atom. The van der Waals surface area contributed by atoms with Gasteiger partial charge in [0.1, 0.15) is 0 Å². The van der Waals surface area contributed by atoms with Crippen molar-refractivity contribution in [3.05, 3.63) is 34.9 Å². The van der Waals surface area contributed by atoms with Crippen LogP contribution in [0, 0.1) is 24.7 Å². The number of carbonyl (C=O) groups is 1. The predicted molar refractivity (Wildman–Crippen MR) is 86.0 cm³/mol. The summed E-state index contributed by atoms with van der Waals surface area (Å²) in [5.41, 5.74) is 8.05. The Balaban J connectivity index is 2.19. The number of hydrogen-bond acceptors (Lipinski definition) is 2. The Labute approximate surface area is 127 Å². The lowest BCUT2D eigenvalue weighted by Gasteiger charge is -2.31. The van der Waals surface area contributed by atoms with E-state index >= 15 is 0 Å².